The molecule has 3 aliphatic carbocycles. The number of aliphatic hydroxyl groups excluding tert-OH is 1. The number of halogens is 5. The number of nitrogens with one attached hydrogen (secondary N) is 3. The highest BCUT2D eigenvalue weighted by Crippen LogP contribution is 2.45. The number of aromatic nitrogens is 10. The van der Waals surface area contributed by atoms with E-state index in [4.69, 9.17) is 19.2 Å². The van der Waals surface area contributed by atoms with E-state index in [0.29, 0.717) is 19.9 Å². The number of carbonyl (C=O) groups excluding carboxylic acids is 6. The van der Waals surface area contributed by atoms with Crippen molar-refractivity contribution in [2.45, 2.75) is 237 Å². The molecule has 3 saturated carbocycles. The van der Waals surface area contributed by atoms with Gasteiger partial charge in [-0.05, 0) is 110 Å². The van der Waals surface area contributed by atoms with Crippen LogP contribution in [0.15, 0.2) is 95.9 Å². The van der Waals surface area contributed by atoms with E-state index < -0.39 is 130 Å². The van der Waals surface area contributed by atoms with Gasteiger partial charge in [-0.2, -0.15) is 13.2 Å². The lowest BCUT2D eigenvalue weighted by Gasteiger charge is -2.34. The Labute approximate surface area is 648 Å². The maximum Gasteiger partial charge on any atom is 0.416 e. The van der Waals surface area contributed by atoms with Gasteiger partial charge >= 0.3 is 6.18 Å². The van der Waals surface area contributed by atoms with Gasteiger partial charge in [0.2, 0.25) is 41.3 Å². The summed E-state index contributed by atoms with van der Waals surface area (Å²) in [6.45, 7) is 18.1. The smallest absolute Gasteiger partial charge is 0.416 e. The van der Waals surface area contributed by atoms with Crippen LogP contribution in [0.1, 0.15) is 203 Å². The predicted octanol–water partition coefficient (Wildman–Crippen LogP) is 10.6. The summed E-state index contributed by atoms with van der Waals surface area (Å²) >= 11 is 4.58. The van der Waals surface area contributed by atoms with Crippen molar-refractivity contribution in [3.63, 3.8) is 0 Å². The van der Waals surface area contributed by atoms with Crippen molar-refractivity contribution in [2.24, 2.45) is 16.2 Å². The third-order valence-electron chi connectivity index (χ3n) is 21.1. The van der Waals surface area contributed by atoms with Gasteiger partial charge in [-0.25, -0.2) is 23.4 Å². The molecule has 0 spiro atoms. The summed E-state index contributed by atoms with van der Waals surface area (Å²) in [6, 6.07) is 11.9. The average molecular weight is 1610 g/mol. The quantitative estimate of drug-likeness (QED) is 0.0331. The van der Waals surface area contributed by atoms with Crippen molar-refractivity contribution in [1.82, 2.24) is 80.6 Å². The number of rotatable bonds is 28. The summed E-state index contributed by atoms with van der Waals surface area (Å²) in [5.74, 6) is -2.49. The third-order valence-corrected chi connectivity index (χ3v) is 22.7. The number of hydrogen-bond donors (Lipinski definition) is 4. The first-order chi connectivity index (χ1) is 52.1. The van der Waals surface area contributed by atoms with E-state index in [2.05, 4.69) is 62.8 Å². The highest BCUT2D eigenvalue weighted by molar-refractivity contribution is 9.10. The largest absolute Gasteiger partial charge is 0.488 e. The van der Waals surface area contributed by atoms with Gasteiger partial charge in [0.1, 0.15) is 65.0 Å². The van der Waals surface area contributed by atoms with E-state index in [1.165, 1.54) is 48.9 Å². The number of ether oxygens (including phenoxy) is 3. The molecule has 32 heteroatoms. The number of likely N-dealkylation sites (tertiary alicyclic amines) is 3. The second kappa shape index (κ2) is 32.2. The summed E-state index contributed by atoms with van der Waals surface area (Å²) in [5, 5.41) is 46.9. The Bertz CT molecular complexity index is 4480. The number of aliphatic hydroxyl groups is 1. The topological polar surface area (TPSA) is 301 Å². The van der Waals surface area contributed by atoms with Crippen LogP contribution in [0, 0.1) is 22.1 Å². The van der Waals surface area contributed by atoms with E-state index in [1.54, 1.807) is 40.8 Å². The van der Waals surface area contributed by atoms with Crippen molar-refractivity contribution < 1.29 is 65.6 Å². The number of carbonyl (C=O) groups is 6. The first-order valence-corrected chi connectivity index (χ1v) is 39.5. The minimum Gasteiger partial charge on any atom is -0.488 e. The van der Waals surface area contributed by atoms with Gasteiger partial charge in [0, 0.05) is 85.6 Å². The molecule has 590 valence electrons. The monoisotopic (exact) mass is 1600 g/mol. The van der Waals surface area contributed by atoms with E-state index in [9.17, 15) is 32.7 Å². The van der Waals surface area contributed by atoms with Crippen molar-refractivity contribution in [3.8, 4) is 22.1 Å². The van der Waals surface area contributed by atoms with Crippen LogP contribution in [0.25, 0.3) is 10.4 Å². The predicted molar refractivity (Wildman–Crippen MR) is 400 cm³/mol. The number of nitrogens with zero attached hydrogens (tertiary/aromatic N) is 13. The lowest BCUT2D eigenvalue weighted by molar-refractivity contribution is -0.144. The highest BCUT2D eigenvalue weighted by atomic mass is 79.9. The maximum atomic E-state index is 15.5. The highest BCUT2D eigenvalue weighted by Gasteiger charge is 2.51. The Morgan fingerprint density at radius 1 is 0.627 bits per heavy atom. The van der Waals surface area contributed by atoms with Crippen LogP contribution in [-0.2, 0) is 52.6 Å². The molecule has 4 N–H and O–H groups in total. The van der Waals surface area contributed by atoms with Crippen LogP contribution < -0.4 is 25.4 Å². The SMILES string of the molecule is CC(Cc1ccc(Br)cc1F)NC(=O)C1CC(Oc2nc(CNC(=O)C3CC(OCCC(CNC(=O)C4CC(O)CN4C(=O)C(n4cc(C5CC5)nn4)C(C)(C)C)Oc4cccc(C(F)(F)F)c4)CN3C(=O)C(n3cc(C4CC4)nn3)C(C)(C)C)sc2-c2ccccc2)CN1C(=O)C(n1cc(C2CC2)nn1)C(C)(C)C. The van der Waals surface area contributed by atoms with Crippen LogP contribution in [0.3, 0.4) is 0 Å². The van der Waals surface area contributed by atoms with Crippen molar-refractivity contribution in [2.75, 3.05) is 32.8 Å². The fourth-order valence-electron chi connectivity index (χ4n) is 15.1. The van der Waals surface area contributed by atoms with Gasteiger partial charge in [-0.3, -0.25) is 28.8 Å². The van der Waals surface area contributed by atoms with Crippen LogP contribution >= 0.6 is 27.3 Å². The molecule has 0 radical (unpaired) electrons. The molecule has 3 aromatic carbocycles. The second-order valence-electron chi connectivity index (χ2n) is 33.6. The molecule has 110 heavy (non-hydrogen) atoms. The Morgan fingerprint density at radius 2 is 1.14 bits per heavy atom. The minimum absolute atomic E-state index is 0.00335. The number of β-amino-alcohol motifs (C(OH)–C–C–N with tert-alkyl or cyclic N) is 1. The fraction of sp³-hybridized carbons (Fsp3) is 0.577. The summed E-state index contributed by atoms with van der Waals surface area (Å²) in [5.41, 5.74) is 0.341. The fourth-order valence-corrected chi connectivity index (χ4v) is 16.4. The normalized spacial score (nSPS) is 21.8. The second-order valence-corrected chi connectivity index (χ2v) is 35.6. The zero-order valence-corrected chi connectivity index (χ0v) is 65.9. The standard InChI is InChI=1S/C78H97BrF4N16O10S/c1-43(29-48-25-26-50(79)31-56(48)80)86-70(103)62-34-55(39-96(62)74(106)67(77(8,9)10)99-42-59(90-93-99)46-23-24-46)109-71-64(47-15-12-11-13-16-47)110-63(87-71)36-85-69(102)61-33-54(38-95(61)73(105)66(76(5,6)7)98-41-58(89-92-98)45-21-22-45)107-28-27-53(108-52-18-14-17-49(30-52)78(81,82)83)35-84-68(101)60-32-51(100)37-94(60)72(104)65(75(2,3)4)97-40-57(88-91-97)44-19-20-44/h11-18,25-26,30-31,40-46,51,53-55,60-62,65-67,100H,19-24,27-29,32-39H2,1-10H3,(H,84,101)(H,85,102)(H,86,103). The number of hydrogen-bond acceptors (Lipinski definition) is 18. The van der Waals surface area contributed by atoms with Gasteiger partial charge in [0.15, 0.2) is 0 Å². The first-order valence-electron chi connectivity index (χ1n) is 37.9. The molecule has 6 fully saturated rings. The van der Waals surface area contributed by atoms with E-state index in [-0.39, 0.29) is 107 Å². The molecule has 4 aromatic heterocycles. The van der Waals surface area contributed by atoms with E-state index in [1.807, 2.05) is 98.8 Å². The van der Waals surface area contributed by atoms with Gasteiger partial charge < -0.3 is 50.0 Å². The number of amides is 6. The van der Waals surface area contributed by atoms with Crippen LogP contribution in [0.4, 0.5) is 17.6 Å². The minimum atomic E-state index is -4.71. The Balaban J connectivity index is 0.735. The Morgan fingerprint density at radius 3 is 1.66 bits per heavy atom. The number of alkyl halides is 3. The summed E-state index contributed by atoms with van der Waals surface area (Å²) in [7, 11) is 0. The van der Waals surface area contributed by atoms with Crippen molar-refractivity contribution in [3.05, 3.63) is 135 Å². The van der Waals surface area contributed by atoms with E-state index in [0.717, 1.165) is 73.3 Å². The molecule has 6 amide bonds. The molecule has 3 saturated heterocycles. The lowest BCUT2D eigenvalue weighted by Crippen LogP contribution is -2.52. The van der Waals surface area contributed by atoms with Crippen LogP contribution in [0.5, 0.6) is 11.6 Å². The number of benzene rings is 3. The molecule has 11 atom stereocenters. The molecular weight excluding hydrogens is 1510 g/mol. The maximum absolute atomic E-state index is 15.5. The molecule has 13 rings (SSSR count). The summed E-state index contributed by atoms with van der Waals surface area (Å²) < 4.78 is 82.7. The van der Waals surface area contributed by atoms with Gasteiger partial charge in [0.05, 0.1) is 66.0 Å². The molecule has 0 bridgehead atoms. The van der Waals surface area contributed by atoms with Crippen LogP contribution in [0.2, 0.25) is 0 Å². The molecular formula is C78H97BrF4N16O10S. The zero-order valence-electron chi connectivity index (χ0n) is 63.5. The molecule has 7 aromatic rings. The van der Waals surface area contributed by atoms with Crippen LogP contribution in [-0.4, -0.2) is 187 Å². The number of thiazole rings is 1. The Kier molecular flexibility index (Phi) is 23.2. The van der Waals surface area contributed by atoms with Gasteiger partial charge in [-0.1, -0.05) is 136 Å². The van der Waals surface area contributed by atoms with Crippen molar-refractivity contribution in [1.29, 1.82) is 0 Å². The molecule has 3 aliphatic heterocycles. The molecule has 6 aliphatic rings. The first kappa shape index (κ1) is 79.3. The van der Waals surface area contributed by atoms with Gasteiger partial charge in [0.25, 0.3) is 0 Å². The zero-order chi connectivity index (χ0) is 78.5. The average Bonchev–Trinajstić information content (AvgIpc) is 1.64. The van der Waals surface area contributed by atoms with Crippen molar-refractivity contribution >= 4 is 62.7 Å². The van der Waals surface area contributed by atoms with Gasteiger partial charge in [-0.15, -0.1) is 26.6 Å². The Hall–Kier alpha value is -8.75. The third kappa shape index (κ3) is 18.7. The summed E-state index contributed by atoms with van der Waals surface area (Å²) in [6.07, 6.45) is 2.86. The lowest BCUT2D eigenvalue weighted by atomic mass is 9.85. The van der Waals surface area contributed by atoms with E-state index >= 15 is 18.8 Å². The summed E-state index contributed by atoms with van der Waals surface area (Å²) in [4.78, 5) is 99.8. The molecule has 11 unspecified atom stereocenters. The molecule has 26 nitrogen and oxygen atoms in total. The molecule has 7 heterocycles.